The number of phenolic OH excluding ortho intramolecular Hbond substituents is 2. The SMILES string of the molecule is Nc1nc(NCc2ccccc2-c2ccccc2)cc(-c2cc(-c3ccc(O)cc3)ccc2O)n1. The van der Waals surface area contributed by atoms with E-state index in [0.29, 0.717) is 23.6 Å². The summed E-state index contributed by atoms with van der Waals surface area (Å²) >= 11 is 0. The van der Waals surface area contributed by atoms with Gasteiger partial charge in [-0.2, -0.15) is 4.98 Å². The summed E-state index contributed by atoms with van der Waals surface area (Å²) in [5, 5.41) is 23.5. The average molecular weight is 461 g/mol. The molecule has 4 aromatic carbocycles. The number of nitrogens with two attached hydrogens (primary N) is 1. The van der Waals surface area contributed by atoms with Crippen LogP contribution in [-0.4, -0.2) is 20.2 Å². The van der Waals surface area contributed by atoms with Crippen LogP contribution < -0.4 is 11.1 Å². The molecule has 1 aromatic heterocycles. The monoisotopic (exact) mass is 460 g/mol. The van der Waals surface area contributed by atoms with Gasteiger partial charge in [0.15, 0.2) is 0 Å². The van der Waals surface area contributed by atoms with Crippen molar-refractivity contribution in [1.29, 1.82) is 0 Å². The normalized spacial score (nSPS) is 10.7. The highest BCUT2D eigenvalue weighted by molar-refractivity contribution is 5.77. The summed E-state index contributed by atoms with van der Waals surface area (Å²) in [5.74, 6) is 0.951. The highest BCUT2D eigenvalue weighted by atomic mass is 16.3. The van der Waals surface area contributed by atoms with Gasteiger partial charge in [-0.05, 0) is 52.1 Å². The lowest BCUT2D eigenvalue weighted by Gasteiger charge is -2.13. The highest BCUT2D eigenvalue weighted by Crippen LogP contribution is 2.34. The van der Waals surface area contributed by atoms with Crippen molar-refractivity contribution >= 4 is 11.8 Å². The number of aromatic hydroxyl groups is 2. The smallest absolute Gasteiger partial charge is 0.222 e. The van der Waals surface area contributed by atoms with E-state index in [-0.39, 0.29) is 17.4 Å². The minimum Gasteiger partial charge on any atom is -0.508 e. The van der Waals surface area contributed by atoms with Crippen LogP contribution in [0, 0.1) is 0 Å². The fourth-order valence-corrected chi connectivity index (χ4v) is 4.03. The maximum absolute atomic E-state index is 10.6. The van der Waals surface area contributed by atoms with Crippen molar-refractivity contribution in [2.24, 2.45) is 0 Å². The summed E-state index contributed by atoms with van der Waals surface area (Å²) in [5.41, 5.74) is 12.3. The first kappa shape index (κ1) is 22.0. The molecule has 172 valence electrons. The number of hydrogen-bond acceptors (Lipinski definition) is 6. The number of rotatable bonds is 6. The number of aromatic nitrogens is 2. The molecule has 6 nitrogen and oxygen atoms in total. The molecule has 0 amide bonds. The van der Waals surface area contributed by atoms with E-state index in [1.54, 1.807) is 24.3 Å². The molecule has 0 aliphatic heterocycles. The van der Waals surface area contributed by atoms with E-state index in [0.717, 1.165) is 27.8 Å². The Kier molecular flexibility index (Phi) is 6.01. The highest BCUT2D eigenvalue weighted by Gasteiger charge is 2.12. The van der Waals surface area contributed by atoms with Crippen LogP contribution in [0.25, 0.3) is 33.5 Å². The fourth-order valence-electron chi connectivity index (χ4n) is 4.03. The fraction of sp³-hybridized carbons (Fsp3) is 0.0345. The summed E-state index contributed by atoms with van der Waals surface area (Å²) in [6, 6.07) is 32.4. The van der Waals surface area contributed by atoms with E-state index >= 15 is 0 Å². The van der Waals surface area contributed by atoms with Crippen LogP contribution in [0.3, 0.4) is 0 Å². The quantitative estimate of drug-likeness (QED) is 0.245. The van der Waals surface area contributed by atoms with Crippen LogP contribution in [0.15, 0.2) is 103 Å². The van der Waals surface area contributed by atoms with Crippen LogP contribution in [0.1, 0.15) is 5.56 Å². The maximum Gasteiger partial charge on any atom is 0.222 e. The largest absolute Gasteiger partial charge is 0.508 e. The van der Waals surface area contributed by atoms with E-state index in [1.807, 2.05) is 54.6 Å². The van der Waals surface area contributed by atoms with Crippen molar-refractivity contribution < 1.29 is 10.2 Å². The first-order valence-corrected chi connectivity index (χ1v) is 11.2. The van der Waals surface area contributed by atoms with Crippen LogP contribution >= 0.6 is 0 Å². The number of phenols is 2. The molecule has 5 rings (SSSR count). The van der Waals surface area contributed by atoms with Gasteiger partial charge in [0, 0.05) is 18.2 Å². The third-order valence-corrected chi connectivity index (χ3v) is 5.78. The van der Waals surface area contributed by atoms with Gasteiger partial charge in [0.05, 0.1) is 5.69 Å². The van der Waals surface area contributed by atoms with Gasteiger partial charge >= 0.3 is 0 Å². The summed E-state index contributed by atoms with van der Waals surface area (Å²) in [6.45, 7) is 0.542. The minimum atomic E-state index is 0.0889. The van der Waals surface area contributed by atoms with Gasteiger partial charge in [-0.3, -0.25) is 0 Å². The van der Waals surface area contributed by atoms with Crippen molar-refractivity contribution in [3.8, 4) is 45.0 Å². The predicted molar refractivity (Wildman–Crippen MR) is 140 cm³/mol. The van der Waals surface area contributed by atoms with Gasteiger partial charge in [0.25, 0.3) is 0 Å². The van der Waals surface area contributed by atoms with E-state index in [9.17, 15) is 10.2 Å². The van der Waals surface area contributed by atoms with Crippen LogP contribution in [0.4, 0.5) is 11.8 Å². The molecule has 0 atom stereocenters. The Morgan fingerprint density at radius 1 is 0.657 bits per heavy atom. The predicted octanol–water partition coefficient (Wildman–Crippen LogP) is 6.08. The molecule has 0 aliphatic rings. The Morgan fingerprint density at radius 2 is 1.37 bits per heavy atom. The molecule has 0 saturated heterocycles. The van der Waals surface area contributed by atoms with Gasteiger partial charge in [0.1, 0.15) is 17.3 Å². The van der Waals surface area contributed by atoms with Gasteiger partial charge in [-0.25, -0.2) is 4.98 Å². The van der Waals surface area contributed by atoms with Crippen molar-refractivity contribution in [2.45, 2.75) is 6.54 Å². The third-order valence-electron chi connectivity index (χ3n) is 5.78. The topological polar surface area (TPSA) is 104 Å². The molecular formula is C29H24N4O2. The van der Waals surface area contributed by atoms with E-state index in [2.05, 4.69) is 39.6 Å². The van der Waals surface area contributed by atoms with Crippen molar-refractivity contribution in [1.82, 2.24) is 9.97 Å². The molecule has 5 N–H and O–H groups in total. The van der Waals surface area contributed by atoms with Crippen molar-refractivity contribution in [2.75, 3.05) is 11.1 Å². The number of nitrogens with one attached hydrogen (secondary N) is 1. The molecule has 0 unspecified atom stereocenters. The third kappa shape index (κ3) is 4.91. The zero-order valence-electron chi connectivity index (χ0n) is 18.9. The lowest BCUT2D eigenvalue weighted by molar-refractivity contribution is 0.475. The Balaban J connectivity index is 1.44. The standard InChI is InChI=1S/C29H24N4O2/c30-29-32-26(25-16-21(12-15-27(25)35)19-10-13-23(34)14-11-19)17-28(33-29)31-18-22-8-4-5-9-24(22)20-6-2-1-3-7-20/h1-17,34-35H,18H2,(H3,30,31,32,33). The molecule has 0 bridgehead atoms. The lowest BCUT2D eigenvalue weighted by Crippen LogP contribution is -2.06. The second-order valence-electron chi connectivity index (χ2n) is 8.15. The zero-order chi connectivity index (χ0) is 24.2. The molecule has 0 radical (unpaired) electrons. The van der Waals surface area contributed by atoms with E-state index in [4.69, 9.17) is 5.73 Å². The molecule has 0 spiro atoms. The summed E-state index contributed by atoms with van der Waals surface area (Å²) in [4.78, 5) is 8.70. The van der Waals surface area contributed by atoms with Gasteiger partial charge in [-0.1, -0.05) is 72.8 Å². The summed E-state index contributed by atoms with van der Waals surface area (Å²) in [7, 11) is 0. The van der Waals surface area contributed by atoms with E-state index in [1.165, 1.54) is 0 Å². The Bertz CT molecular complexity index is 1470. The lowest BCUT2D eigenvalue weighted by atomic mass is 9.99. The van der Waals surface area contributed by atoms with Crippen molar-refractivity contribution in [3.63, 3.8) is 0 Å². The number of hydrogen-bond donors (Lipinski definition) is 4. The molecule has 1 heterocycles. The van der Waals surface area contributed by atoms with Gasteiger partial charge < -0.3 is 21.3 Å². The van der Waals surface area contributed by atoms with E-state index < -0.39 is 0 Å². The average Bonchev–Trinajstić information content (AvgIpc) is 2.89. The Labute approximate surface area is 203 Å². The van der Waals surface area contributed by atoms with Crippen molar-refractivity contribution in [3.05, 3.63) is 109 Å². The number of benzene rings is 4. The Hall–Kier alpha value is -4.84. The van der Waals surface area contributed by atoms with Crippen LogP contribution in [0.5, 0.6) is 11.5 Å². The minimum absolute atomic E-state index is 0.0889. The molecule has 0 saturated carbocycles. The Morgan fingerprint density at radius 3 is 2.17 bits per heavy atom. The van der Waals surface area contributed by atoms with Gasteiger partial charge in [-0.15, -0.1) is 0 Å². The maximum atomic E-state index is 10.6. The number of nitrogen functional groups attached to an aromatic ring is 1. The number of nitrogens with zero attached hydrogens (tertiary/aromatic N) is 2. The molecular weight excluding hydrogens is 436 g/mol. The molecule has 5 aromatic rings. The first-order chi connectivity index (χ1) is 17.1. The van der Waals surface area contributed by atoms with Crippen LogP contribution in [-0.2, 0) is 6.54 Å². The molecule has 0 fully saturated rings. The summed E-state index contributed by atoms with van der Waals surface area (Å²) < 4.78 is 0. The van der Waals surface area contributed by atoms with Crippen LogP contribution in [0.2, 0.25) is 0 Å². The molecule has 0 aliphatic carbocycles. The summed E-state index contributed by atoms with van der Waals surface area (Å²) in [6.07, 6.45) is 0. The molecule has 6 heteroatoms. The number of anilines is 2. The first-order valence-electron chi connectivity index (χ1n) is 11.2. The second-order valence-corrected chi connectivity index (χ2v) is 8.15. The second kappa shape index (κ2) is 9.57. The van der Waals surface area contributed by atoms with Gasteiger partial charge in [0.2, 0.25) is 5.95 Å². The molecule has 35 heavy (non-hydrogen) atoms. The zero-order valence-corrected chi connectivity index (χ0v) is 18.9.